The molecule has 1 rings (SSSR count). The minimum Gasteiger partial charge on any atom is -0.351 e. The van der Waals surface area contributed by atoms with E-state index in [4.69, 9.17) is 11.6 Å². The van der Waals surface area contributed by atoms with Crippen molar-refractivity contribution in [3.8, 4) is 0 Å². The van der Waals surface area contributed by atoms with E-state index in [1.165, 1.54) is 11.3 Å². The van der Waals surface area contributed by atoms with E-state index in [1.807, 2.05) is 11.4 Å². The highest BCUT2D eigenvalue weighted by Crippen LogP contribution is 2.07. The molecule has 1 aromatic heterocycles. The van der Waals surface area contributed by atoms with E-state index in [1.54, 1.807) is 6.07 Å². The van der Waals surface area contributed by atoms with Gasteiger partial charge in [-0.15, -0.1) is 11.3 Å². The molecule has 0 atom stereocenters. The summed E-state index contributed by atoms with van der Waals surface area (Å²) in [6.45, 7) is 0.481. The second kappa shape index (κ2) is 5.78. The number of halogens is 1. The van der Waals surface area contributed by atoms with E-state index in [-0.39, 0.29) is 11.1 Å². The number of amides is 1. The number of carbonyl (C=O) groups is 2. The summed E-state index contributed by atoms with van der Waals surface area (Å²) in [6, 6.07) is 3.58. The van der Waals surface area contributed by atoms with Gasteiger partial charge in [-0.25, -0.2) is 0 Å². The number of hydrogen-bond donors (Lipinski definition) is 1. The van der Waals surface area contributed by atoms with Crippen LogP contribution in [0.25, 0.3) is 0 Å². The molecule has 3 nitrogen and oxygen atoms in total. The van der Waals surface area contributed by atoms with E-state index in [0.717, 1.165) is 0 Å². The lowest BCUT2D eigenvalue weighted by Gasteiger charge is -2.00. The van der Waals surface area contributed by atoms with Crippen LogP contribution in [0.3, 0.4) is 0 Å². The molecule has 0 aliphatic carbocycles. The summed E-state index contributed by atoms with van der Waals surface area (Å²) in [7, 11) is 0. The summed E-state index contributed by atoms with van der Waals surface area (Å²) in [5, 5.41) is 4.18. The van der Waals surface area contributed by atoms with Gasteiger partial charge in [0, 0.05) is 13.0 Å². The van der Waals surface area contributed by atoms with Gasteiger partial charge in [-0.05, 0) is 29.5 Å². The number of hydrogen-bond acceptors (Lipinski definition) is 3. The van der Waals surface area contributed by atoms with E-state index in [9.17, 15) is 9.59 Å². The maximum atomic E-state index is 11.3. The van der Waals surface area contributed by atoms with Crippen molar-refractivity contribution >= 4 is 34.1 Å². The van der Waals surface area contributed by atoms with E-state index >= 15 is 0 Å². The molecule has 5 heteroatoms. The summed E-state index contributed by atoms with van der Waals surface area (Å²) >= 11 is 6.53. The lowest BCUT2D eigenvalue weighted by molar-refractivity contribution is -0.111. The second-order valence-electron chi connectivity index (χ2n) is 2.69. The highest BCUT2D eigenvalue weighted by atomic mass is 35.5. The summed E-state index contributed by atoms with van der Waals surface area (Å²) < 4.78 is 0. The molecule has 0 unspecified atom stereocenters. The van der Waals surface area contributed by atoms with Crippen molar-refractivity contribution < 1.29 is 9.59 Å². The van der Waals surface area contributed by atoms with Gasteiger partial charge in [-0.2, -0.15) is 0 Å². The van der Waals surface area contributed by atoms with Crippen LogP contribution in [-0.2, 0) is 4.79 Å². The average molecular weight is 232 g/mol. The van der Waals surface area contributed by atoms with Crippen LogP contribution in [0.5, 0.6) is 0 Å². The molecule has 0 fully saturated rings. The van der Waals surface area contributed by atoms with Gasteiger partial charge in [-0.3, -0.25) is 9.59 Å². The monoisotopic (exact) mass is 231 g/mol. The minimum atomic E-state index is -0.365. The molecule has 0 aliphatic heterocycles. The molecule has 1 N–H and O–H groups in total. The second-order valence-corrected chi connectivity index (χ2v) is 4.06. The lowest BCUT2D eigenvalue weighted by atomic mass is 10.3. The molecule has 0 saturated carbocycles. The molecule has 0 aliphatic rings. The summed E-state index contributed by atoms with van der Waals surface area (Å²) in [5.41, 5.74) is 0. The van der Waals surface area contributed by atoms with Crippen molar-refractivity contribution in [1.29, 1.82) is 0 Å². The van der Waals surface area contributed by atoms with Gasteiger partial charge in [0.25, 0.3) is 5.91 Å². The van der Waals surface area contributed by atoms with Crippen molar-refractivity contribution in [2.75, 3.05) is 6.54 Å². The normalized spacial score (nSPS) is 9.79. The Morgan fingerprint density at radius 2 is 2.29 bits per heavy atom. The third kappa shape index (κ3) is 3.89. The predicted octanol–water partition coefficient (Wildman–Crippen LogP) is 2.02. The Labute approximate surface area is 91.1 Å². The summed E-state index contributed by atoms with van der Waals surface area (Å²) in [6.07, 6.45) is 0.881. The summed E-state index contributed by atoms with van der Waals surface area (Å²) in [4.78, 5) is 22.4. The van der Waals surface area contributed by atoms with E-state index in [2.05, 4.69) is 5.32 Å². The lowest BCUT2D eigenvalue weighted by Crippen LogP contribution is -2.23. The largest absolute Gasteiger partial charge is 0.351 e. The average Bonchev–Trinajstić information content (AvgIpc) is 2.64. The molecule has 0 saturated heterocycles. The first-order valence-corrected chi connectivity index (χ1v) is 5.46. The maximum absolute atomic E-state index is 11.3. The van der Waals surface area contributed by atoms with Crippen molar-refractivity contribution in [1.82, 2.24) is 5.32 Å². The van der Waals surface area contributed by atoms with Crippen LogP contribution < -0.4 is 5.32 Å². The SMILES string of the molecule is O=C(Cl)CCCNC(=O)c1cccs1. The van der Waals surface area contributed by atoms with Crippen LogP contribution in [-0.4, -0.2) is 17.7 Å². The number of rotatable bonds is 5. The highest BCUT2D eigenvalue weighted by Gasteiger charge is 2.04. The van der Waals surface area contributed by atoms with Gasteiger partial charge < -0.3 is 5.32 Å². The standard InChI is InChI=1S/C9H10ClNO2S/c10-8(12)4-1-5-11-9(13)7-3-2-6-14-7/h2-3,6H,1,4-5H2,(H,11,13). The van der Waals surface area contributed by atoms with Gasteiger partial charge in [0.05, 0.1) is 4.88 Å². The molecule has 14 heavy (non-hydrogen) atoms. The summed E-state index contributed by atoms with van der Waals surface area (Å²) in [5.74, 6) is -0.0954. The van der Waals surface area contributed by atoms with Crippen LogP contribution in [0.1, 0.15) is 22.5 Å². The highest BCUT2D eigenvalue weighted by molar-refractivity contribution is 7.12. The fourth-order valence-corrected chi connectivity index (χ4v) is 1.70. The smallest absolute Gasteiger partial charge is 0.261 e. The van der Waals surface area contributed by atoms with Crippen molar-refractivity contribution in [2.45, 2.75) is 12.8 Å². The van der Waals surface area contributed by atoms with Gasteiger partial charge in [0.15, 0.2) is 0 Å². The molecule has 0 bridgehead atoms. The molecular weight excluding hydrogens is 222 g/mol. The Morgan fingerprint density at radius 1 is 1.50 bits per heavy atom. The Kier molecular flexibility index (Phi) is 4.62. The predicted molar refractivity (Wildman–Crippen MR) is 56.7 cm³/mol. The molecular formula is C9H10ClNO2S. The first-order chi connectivity index (χ1) is 6.70. The first-order valence-electron chi connectivity index (χ1n) is 4.20. The number of nitrogens with one attached hydrogen (secondary N) is 1. The van der Waals surface area contributed by atoms with Crippen LogP contribution in [0.2, 0.25) is 0 Å². The zero-order valence-corrected chi connectivity index (χ0v) is 9.03. The third-order valence-corrected chi connectivity index (χ3v) is 2.64. The zero-order chi connectivity index (χ0) is 10.4. The Balaban J connectivity index is 2.19. The quantitative estimate of drug-likeness (QED) is 0.623. The van der Waals surface area contributed by atoms with Crippen molar-refractivity contribution in [3.05, 3.63) is 22.4 Å². The Bertz CT molecular complexity index is 311. The molecule has 1 heterocycles. The van der Waals surface area contributed by atoms with Gasteiger partial charge in [0.2, 0.25) is 5.24 Å². The van der Waals surface area contributed by atoms with E-state index < -0.39 is 0 Å². The fourth-order valence-electron chi connectivity index (χ4n) is 0.924. The maximum Gasteiger partial charge on any atom is 0.261 e. The minimum absolute atomic E-state index is 0.0954. The molecule has 0 aromatic carbocycles. The van der Waals surface area contributed by atoms with Crippen LogP contribution in [0, 0.1) is 0 Å². The van der Waals surface area contributed by atoms with Crippen LogP contribution in [0.4, 0.5) is 0 Å². The first kappa shape index (κ1) is 11.2. The van der Waals surface area contributed by atoms with Crippen LogP contribution >= 0.6 is 22.9 Å². The molecule has 1 aromatic rings. The molecule has 1 amide bonds. The van der Waals surface area contributed by atoms with Gasteiger partial charge >= 0.3 is 0 Å². The molecule has 0 spiro atoms. The molecule has 0 radical (unpaired) electrons. The number of thiophene rings is 1. The Hall–Kier alpha value is -0.870. The topological polar surface area (TPSA) is 46.2 Å². The van der Waals surface area contributed by atoms with Crippen molar-refractivity contribution in [3.63, 3.8) is 0 Å². The van der Waals surface area contributed by atoms with Gasteiger partial charge in [-0.1, -0.05) is 6.07 Å². The Morgan fingerprint density at radius 3 is 2.86 bits per heavy atom. The van der Waals surface area contributed by atoms with E-state index in [0.29, 0.717) is 24.3 Å². The van der Waals surface area contributed by atoms with Crippen LogP contribution in [0.15, 0.2) is 17.5 Å². The molecule has 76 valence electrons. The number of carbonyl (C=O) groups excluding carboxylic acids is 2. The van der Waals surface area contributed by atoms with Crippen molar-refractivity contribution in [2.24, 2.45) is 0 Å². The third-order valence-electron chi connectivity index (χ3n) is 1.58. The van der Waals surface area contributed by atoms with Gasteiger partial charge in [0.1, 0.15) is 0 Å². The zero-order valence-electron chi connectivity index (χ0n) is 7.46. The fraction of sp³-hybridized carbons (Fsp3) is 0.333.